The van der Waals surface area contributed by atoms with E-state index in [1.807, 2.05) is 22.9 Å². The number of hydrogen-bond donors (Lipinski definition) is 0. The van der Waals surface area contributed by atoms with E-state index in [0.29, 0.717) is 5.37 Å². The lowest BCUT2D eigenvalue weighted by Gasteiger charge is -2.44. The van der Waals surface area contributed by atoms with Gasteiger partial charge < -0.3 is 4.90 Å². The van der Waals surface area contributed by atoms with Gasteiger partial charge in [0.25, 0.3) is 0 Å². The number of hydrogen-bond acceptors (Lipinski definition) is 2. The minimum absolute atomic E-state index is 0.210. The van der Waals surface area contributed by atoms with Crippen LogP contribution in [-0.2, 0) is 4.79 Å². The van der Waals surface area contributed by atoms with Crippen LogP contribution in [0.1, 0.15) is 20.3 Å². The van der Waals surface area contributed by atoms with Gasteiger partial charge >= 0.3 is 0 Å². The SMILES string of the molecule is CC1(C)C=CN2C(=O)C[C@H]2S1. The number of carbonyl (C=O) groups excluding carboxylic acids is 1. The highest BCUT2D eigenvalue weighted by Crippen LogP contribution is 2.42. The molecule has 3 heteroatoms. The third-order valence-electron chi connectivity index (χ3n) is 2.02. The van der Waals surface area contributed by atoms with Gasteiger partial charge in [0.15, 0.2) is 0 Å². The van der Waals surface area contributed by atoms with Gasteiger partial charge in [-0.25, -0.2) is 0 Å². The summed E-state index contributed by atoms with van der Waals surface area (Å²) in [4.78, 5) is 12.8. The van der Waals surface area contributed by atoms with Crippen molar-refractivity contribution in [3.05, 3.63) is 12.3 Å². The molecule has 0 aromatic carbocycles. The number of fused-ring (bicyclic) bond motifs is 1. The maximum Gasteiger partial charge on any atom is 0.230 e. The molecule has 2 aliphatic heterocycles. The first-order valence-corrected chi connectivity index (χ1v) is 4.65. The van der Waals surface area contributed by atoms with Crippen LogP contribution in [-0.4, -0.2) is 20.9 Å². The van der Waals surface area contributed by atoms with Crippen LogP contribution in [0, 0.1) is 0 Å². The Morgan fingerprint density at radius 2 is 2.45 bits per heavy atom. The molecule has 0 aromatic heterocycles. The van der Waals surface area contributed by atoms with E-state index in [4.69, 9.17) is 0 Å². The minimum Gasteiger partial charge on any atom is -0.306 e. The average molecular weight is 169 g/mol. The molecule has 11 heavy (non-hydrogen) atoms. The third-order valence-corrected chi connectivity index (χ3v) is 3.43. The van der Waals surface area contributed by atoms with E-state index < -0.39 is 0 Å². The summed E-state index contributed by atoms with van der Waals surface area (Å²) in [6, 6.07) is 0. The van der Waals surface area contributed by atoms with Crippen LogP contribution in [0.3, 0.4) is 0 Å². The Kier molecular flexibility index (Phi) is 1.34. The fraction of sp³-hybridized carbons (Fsp3) is 0.625. The highest BCUT2D eigenvalue weighted by molar-refractivity contribution is 8.01. The van der Waals surface area contributed by atoms with Crippen molar-refractivity contribution in [1.29, 1.82) is 0 Å². The van der Waals surface area contributed by atoms with Gasteiger partial charge in [0.2, 0.25) is 5.91 Å². The van der Waals surface area contributed by atoms with Crippen LogP contribution in [0.5, 0.6) is 0 Å². The van der Waals surface area contributed by atoms with Crippen LogP contribution in [0.15, 0.2) is 12.3 Å². The molecule has 1 fully saturated rings. The van der Waals surface area contributed by atoms with Crippen LogP contribution in [0.25, 0.3) is 0 Å². The molecule has 0 aliphatic carbocycles. The molecule has 0 radical (unpaired) electrons. The number of carbonyl (C=O) groups is 1. The van der Waals surface area contributed by atoms with Crippen molar-refractivity contribution < 1.29 is 4.79 Å². The molecule has 0 spiro atoms. The second-order valence-corrected chi connectivity index (χ2v) is 5.33. The fourth-order valence-corrected chi connectivity index (χ4v) is 2.70. The molecule has 1 saturated heterocycles. The molecule has 0 N–H and O–H groups in total. The Labute approximate surface area is 70.6 Å². The highest BCUT2D eigenvalue weighted by atomic mass is 32.2. The van der Waals surface area contributed by atoms with E-state index in [-0.39, 0.29) is 10.7 Å². The van der Waals surface area contributed by atoms with E-state index in [0.717, 1.165) is 6.42 Å². The highest BCUT2D eigenvalue weighted by Gasteiger charge is 2.41. The van der Waals surface area contributed by atoms with Crippen LogP contribution in [0.2, 0.25) is 0 Å². The molecular weight excluding hydrogens is 158 g/mol. The number of thioether (sulfide) groups is 1. The van der Waals surface area contributed by atoms with E-state index in [1.165, 1.54) is 0 Å². The third kappa shape index (κ3) is 1.07. The van der Waals surface area contributed by atoms with Crippen molar-refractivity contribution in [2.45, 2.75) is 30.4 Å². The lowest BCUT2D eigenvalue weighted by molar-refractivity contribution is -0.137. The zero-order valence-electron chi connectivity index (χ0n) is 6.70. The van der Waals surface area contributed by atoms with E-state index >= 15 is 0 Å². The Balaban J connectivity index is 2.18. The molecule has 60 valence electrons. The van der Waals surface area contributed by atoms with Gasteiger partial charge in [0, 0.05) is 10.9 Å². The Morgan fingerprint density at radius 1 is 1.73 bits per heavy atom. The summed E-state index contributed by atoms with van der Waals surface area (Å²) in [5.41, 5.74) is 0. The van der Waals surface area contributed by atoms with Gasteiger partial charge in [0.1, 0.15) is 0 Å². The van der Waals surface area contributed by atoms with Gasteiger partial charge in [-0.2, -0.15) is 0 Å². The first kappa shape index (κ1) is 7.22. The van der Waals surface area contributed by atoms with Crippen LogP contribution >= 0.6 is 11.8 Å². The van der Waals surface area contributed by atoms with Crippen molar-refractivity contribution in [3.63, 3.8) is 0 Å². The minimum atomic E-state index is 0.210. The molecular formula is C8H11NOS. The Bertz CT molecular complexity index is 234. The molecule has 1 amide bonds. The zero-order valence-corrected chi connectivity index (χ0v) is 7.52. The average Bonchev–Trinajstić information content (AvgIpc) is 1.84. The number of nitrogens with zero attached hydrogens (tertiary/aromatic N) is 1. The molecule has 0 saturated carbocycles. The summed E-state index contributed by atoms with van der Waals surface area (Å²) in [5, 5.41) is 0.419. The molecule has 2 nitrogen and oxygen atoms in total. The Hall–Kier alpha value is -0.440. The van der Waals surface area contributed by atoms with Crippen molar-refractivity contribution in [2.75, 3.05) is 0 Å². The van der Waals surface area contributed by atoms with Gasteiger partial charge in [-0.3, -0.25) is 4.79 Å². The monoisotopic (exact) mass is 169 g/mol. The van der Waals surface area contributed by atoms with Crippen molar-refractivity contribution >= 4 is 17.7 Å². The molecule has 2 aliphatic rings. The van der Waals surface area contributed by atoms with E-state index in [9.17, 15) is 4.79 Å². The van der Waals surface area contributed by atoms with Crippen LogP contribution < -0.4 is 0 Å². The quantitative estimate of drug-likeness (QED) is 0.513. The second kappa shape index (κ2) is 2.03. The van der Waals surface area contributed by atoms with Gasteiger partial charge in [-0.15, -0.1) is 11.8 Å². The second-order valence-electron chi connectivity index (χ2n) is 3.50. The first-order chi connectivity index (χ1) is 5.08. The molecule has 1 atom stereocenters. The normalized spacial score (nSPS) is 33.1. The summed E-state index contributed by atoms with van der Waals surface area (Å²) in [6.45, 7) is 4.35. The largest absolute Gasteiger partial charge is 0.306 e. The fourth-order valence-electron chi connectivity index (χ4n) is 1.33. The van der Waals surface area contributed by atoms with Crippen molar-refractivity contribution in [3.8, 4) is 0 Å². The molecule has 0 aromatic rings. The lowest BCUT2D eigenvalue weighted by atomic mass is 10.1. The molecule has 2 heterocycles. The number of amides is 1. The van der Waals surface area contributed by atoms with Gasteiger partial charge in [-0.05, 0) is 13.8 Å². The van der Waals surface area contributed by atoms with E-state index in [2.05, 4.69) is 19.9 Å². The molecule has 0 bridgehead atoms. The number of rotatable bonds is 0. The smallest absolute Gasteiger partial charge is 0.230 e. The maximum absolute atomic E-state index is 10.9. The van der Waals surface area contributed by atoms with Crippen LogP contribution in [0.4, 0.5) is 0 Å². The van der Waals surface area contributed by atoms with Gasteiger partial charge in [0.05, 0.1) is 11.8 Å². The standard InChI is InChI=1S/C8H11NOS/c1-8(2)3-4-9-6(10)5-7(9)11-8/h3-4,7H,5H2,1-2H3/t7-/m1/s1. The van der Waals surface area contributed by atoms with Crippen molar-refractivity contribution in [1.82, 2.24) is 4.90 Å². The molecule has 0 unspecified atom stereocenters. The summed E-state index contributed by atoms with van der Waals surface area (Å²) >= 11 is 1.86. The maximum atomic E-state index is 10.9. The Morgan fingerprint density at radius 3 is 3.00 bits per heavy atom. The topological polar surface area (TPSA) is 20.3 Å². The summed E-state index contributed by atoms with van der Waals surface area (Å²) in [5.74, 6) is 0.259. The number of β-lactam (4-membered cyclic amide) rings is 1. The lowest BCUT2D eigenvalue weighted by Crippen LogP contribution is -2.50. The molecule has 2 rings (SSSR count). The first-order valence-electron chi connectivity index (χ1n) is 3.77. The predicted molar refractivity (Wildman–Crippen MR) is 46.1 cm³/mol. The summed E-state index contributed by atoms with van der Waals surface area (Å²) in [6.07, 6.45) is 4.73. The predicted octanol–water partition coefficient (Wildman–Crippen LogP) is 1.58. The summed E-state index contributed by atoms with van der Waals surface area (Å²) in [7, 11) is 0. The zero-order chi connectivity index (χ0) is 8.06. The van der Waals surface area contributed by atoms with Gasteiger partial charge in [-0.1, -0.05) is 6.08 Å². The van der Waals surface area contributed by atoms with E-state index in [1.54, 1.807) is 0 Å². The van der Waals surface area contributed by atoms with Crippen molar-refractivity contribution in [2.24, 2.45) is 0 Å². The summed E-state index contributed by atoms with van der Waals surface area (Å²) < 4.78 is 0.210.